The summed E-state index contributed by atoms with van der Waals surface area (Å²) in [4.78, 5) is 16.5. The molecule has 0 aromatic carbocycles. The minimum atomic E-state index is -0.170. The smallest absolute Gasteiger partial charge is 0.241 e. The summed E-state index contributed by atoms with van der Waals surface area (Å²) in [7, 11) is 0. The molecule has 3 heterocycles. The van der Waals surface area contributed by atoms with E-state index >= 15 is 0 Å². The van der Waals surface area contributed by atoms with E-state index in [0.29, 0.717) is 18.5 Å². The molecule has 1 N–H and O–H groups in total. The van der Waals surface area contributed by atoms with Crippen molar-refractivity contribution in [3.8, 4) is 5.95 Å². The van der Waals surface area contributed by atoms with Crippen LogP contribution >= 0.6 is 11.6 Å². The molecule has 0 aliphatic carbocycles. The molecule has 2 aromatic heterocycles. The van der Waals surface area contributed by atoms with Gasteiger partial charge in [0.1, 0.15) is 6.33 Å². The summed E-state index contributed by atoms with van der Waals surface area (Å²) in [6.07, 6.45) is 5.90. The van der Waals surface area contributed by atoms with E-state index in [4.69, 9.17) is 16.3 Å². The highest BCUT2D eigenvalue weighted by Gasteiger charge is 2.30. The van der Waals surface area contributed by atoms with Crippen LogP contribution in [0.15, 0.2) is 18.7 Å². The highest BCUT2D eigenvalue weighted by atomic mass is 35.5. The minimum Gasteiger partial charge on any atom is -0.379 e. The maximum absolute atomic E-state index is 5.93. The second-order valence-corrected chi connectivity index (χ2v) is 5.02. The fraction of sp³-hybridized carbons (Fsp3) is 0.455. The van der Waals surface area contributed by atoms with E-state index in [-0.39, 0.29) is 10.8 Å². The SMILES string of the molecule is CC1(Nc2nc(Cl)nc(-n3ccnc3)n2)CCOC1. The van der Waals surface area contributed by atoms with Crippen molar-refractivity contribution in [2.45, 2.75) is 18.9 Å². The summed E-state index contributed by atoms with van der Waals surface area (Å²) in [5, 5.41) is 3.40. The van der Waals surface area contributed by atoms with Gasteiger partial charge in [0.2, 0.25) is 17.2 Å². The molecule has 1 fully saturated rings. The topological polar surface area (TPSA) is 77.8 Å². The fourth-order valence-electron chi connectivity index (χ4n) is 1.92. The Kier molecular flexibility index (Phi) is 3.08. The number of nitrogens with one attached hydrogen (secondary N) is 1. The van der Waals surface area contributed by atoms with Crippen LogP contribution in [-0.2, 0) is 4.74 Å². The van der Waals surface area contributed by atoms with Crippen LogP contribution < -0.4 is 5.32 Å². The molecular weight excluding hydrogens is 268 g/mol. The van der Waals surface area contributed by atoms with E-state index in [2.05, 4.69) is 32.2 Å². The predicted molar refractivity (Wildman–Crippen MR) is 69.4 cm³/mol. The zero-order chi connectivity index (χ0) is 13.3. The lowest BCUT2D eigenvalue weighted by Crippen LogP contribution is -2.36. The molecule has 0 amide bonds. The van der Waals surface area contributed by atoms with Crippen LogP contribution in [0, 0.1) is 0 Å². The van der Waals surface area contributed by atoms with Crippen LogP contribution in [-0.4, -0.2) is 43.3 Å². The van der Waals surface area contributed by atoms with Crippen molar-refractivity contribution in [2.75, 3.05) is 18.5 Å². The number of halogens is 1. The minimum absolute atomic E-state index is 0.142. The Balaban J connectivity index is 1.90. The first-order valence-corrected chi connectivity index (χ1v) is 6.28. The van der Waals surface area contributed by atoms with E-state index in [0.717, 1.165) is 13.0 Å². The van der Waals surface area contributed by atoms with Gasteiger partial charge < -0.3 is 10.1 Å². The van der Waals surface area contributed by atoms with Crippen molar-refractivity contribution in [3.63, 3.8) is 0 Å². The van der Waals surface area contributed by atoms with E-state index in [1.54, 1.807) is 23.3 Å². The van der Waals surface area contributed by atoms with Crippen LogP contribution in [0.2, 0.25) is 5.28 Å². The van der Waals surface area contributed by atoms with Gasteiger partial charge in [0, 0.05) is 19.0 Å². The molecule has 0 bridgehead atoms. The molecule has 1 aliphatic heterocycles. The molecule has 1 unspecified atom stereocenters. The van der Waals surface area contributed by atoms with Crippen molar-refractivity contribution in [1.29, 1.82) is 0 Å². The quantitative estimate of drug-likeness (QED) is 0.913. The molecule has 2 aromatic rings. The molecule has 3 rings (SSSR count). The number of nitrogens with zero attached hydrogens (tertiary/aromatic N) is 5. The largest absolute Gasteiger partial charge is 0.379 e. The second kappa shape index (κ2) is 4.75. The first kappa shape index (κ1) is 12.3. The van der Waals surface area contributed by atoms with Gasteiger partial charge in [0.15, 0.2) is 0 Å². The Morgan fingerprint density at radius 1 is 1.42 bits per heavy atom. The van der Waals surface area contributed by atoms with E-state index in [9.17, 15) is 0 Å². The molecule has 7 nitrogen and oxygen atoms in total. The van der Waals surface area contributed by atoms with Crippen molar-refractivity contribution in [1.82, 2.24) is 24.5 Å². The van der Waals surface area contributed by atoms with Gasteiger partial charge in [-0.15, -0.1) is 0 Å². The van der Waals surface area contributed by atoms with Crippen molar-refractivity contribution in [2.24, 2.45) is 0 Å². The average molecular weight is 281 g/mol. The van der Waals surface area contributed by atoms with Gasteiger partial charge in [-0.2, -0.15) is 15.0 Å². The highest BCUT2D eigenvalue weighted by Crippen LogP contribution is 2.22. The van der Waals surface area contributed by atoms with Gasteiger partial charge in [-0.05, 0) is 24.9 Å². The molecule has 8 heteroatoms. The third-order valence-electron chi connectivity index (χ3n) is 2.96. The zero-order valence-corrected chi connectivity index (χ0v) is 11.1. The summed E-state index contributed by atoms with van der Waals surface area (Å²) < 4.78 is 7.06. The molecule has 1 aliphatic rings. The molecule has 0 radical (unpaired) electrons. The maximum Gasteiger partial charge on any atom is 0.241 e. The van der Waals surface area contributed by atoms with E-state index in [1.165, 1.54) is 0 Å². The Hall–Kier alpha value is -1.73. The Labute approximate surface area is 115 Å². The Morgan fingerprint density at radius 2 is 2.32 bits per heavy atom. The molecular formula is C11H13ClN6O. The number of ether oxygens (including phenoxy) is 1. The van der Waals surface area contributed by atoms with Gasteiger partial charge in [-0.25, -0.2) is 4.98 Å². The van der Waals surface area contributed by atoms with E-state index in [1.807, 2.05) is 0 Å². The van der Waals surface area contributed by atoms with Gasteiger partial charge >= 0.3 is 0 Å². The monoisotopic (exact) mass is 280 g/mol. The fourth-order valence-corrected chi connectivity index (χ4v) is 2.08. The lowest BCUT2D eigenvalue weighted by Gasteiger charge is -2.23. The standard InChI is InChI=1S/C11H13ClN6O/c1-11(2-5-19-6-11)17-9-14-8(12)15-10(16-9)18-4-3-13-7-18/h3-4,7H,2,5-6H2,1H3,(H,14,15,16,17). The number of imidazole rings is 1. The van der Waals surface area contributed by atoms with Crippen LogP contribution in [0.3, 0.4) is 0 Å². The van der Waals surface area contributed by atoms with Crippen molar-refractivity contribution >= 4 is 17.5 Å². The molecule has 1 atom stereocenters. The number of hydrogen-bond acceptors (Lipinski definition) is 6. The normalized spacial score (nSPS) is 22.6. The van der Waals surface area contributed by atoms with Crippen molar-refractivity contribution < 1.29 is 4.74 Å². The number of anilines is 1. The molecule has 100 valence electrons. The molecule has 1 saturated heterocycles. The first-order valence-electron chi connectivity index (χ1n) is 5.90. The third-order valence-corrected chi connectivity index (χ3v) is 3.13. The summed E-state index contributed by atoms with van der Waals surface area (Å²) in [5.41, 5.74) is -0.170. The number of hydrogen-bond donors (Lipinski definition) is 1. The zero-order valence-electron chi connectivity index (χ0n) is 10.4. The second-order valence-electron chi connectivity index (χ2n) is 4.69. The third kappa shape index (κ3) is 2.66. The van der Waals surface area contributed by atoms with Gasteiger partial charge in [-0.3, -0.25) is 4.57 Å². The lowest BCUT2D eigenvalue weighted by atomic mass is 10.0. The molecule has 0 saturated carbocycles. The first-order chi connectivity index (χ1) is 9.15. The molecule has 19 heavy (non-hydrogen) atoms. The highest BCUT2D eigenvalue weighted by molar-refractivity contribution is 6.28. The Bertz CT molecular complexity index is 567. The number of rotatable bonds is 3. The predicted octanol–water partition coefficient (Wildman–Crippen LogP) is 1.30. The van der Waals surface area contributed by atoms with Gasteiger partial charge in [-0.1, -0.05) is 0 Å². The van der Waals surface area contributed by atoms with Gasteiger partial charge in [0.05, 0.1) is 12.1 Å². The maximum atomic E-state index is 5.93. The van der Waals surface area contributed by atoms with Crippen LogP contribution in [0.5, 0.6) is 0 Å². The van der Waals surface area contributed by atoms with Gasteiger partial charge in [0.25, 0.3) is 0 Å². The van der Waals surface area contributed by atoms with Crippen LogP contribution in [0.4, 0.5) is 5.95 Å². The lowest BCUT2D eigenvalue weighted by molar-refractivity contribution is 0.185. The summed E-state index contributed by atoms with van der Waals surface area (Å²) in [5.74, 6) is 0.874. The Morgan fingerprint density at radius 3 is 3.00 bits per heavy atom. The summed E-state index contributed by atoms with van der Waals surface area (Å²) >= 11 is 5.93. The van der Waals surface area contributed by atoms with Crippen LogP contribution in [0.25, 0.3) is 5.95 Å². The molecule has 0 spiro atoms. The average Bonchev–Trinajstić information content (AvgIpc) is 2.99. The summed E-state index contributed by atoms with van der Waals surface area (Å²) in [6, 6.07) is 0. The van der Waals surface area contributed by atoms with Crippen molar-refractivity contribution in [3.05, 3.63) is 24.0 Å². The summed E-state index contributed by atoms with van der Waals surface area (Å²) in [6.45, 7) is 3.42. The number of aromatic nitrogens is 5. The van der Waals surface area contributed by atoms with Crippen LogP contribution in [0.1, 0.15) is 13.3 Å². The van der Waals surface area contributed by atoms with E-state index < -0.39 is 0 Å².